The molecule has 7 nitrogen and oxygen atoms in total. The van der Waals surface area contributed by atoms with Crippen LogP contribution in [-0.4, -0.2) is 33.2 Å². The number of hydrogen-bond donors (Lipinski definition) is 2. The molecular weight excluding hydrogens is 543 g/mol. The highest BCUT2D eigenvalue weighted by Gasteiger charge is 2.32. The van der Waals surface area contributed by atoms with E-state index in [9.17, 15) is 17.6 Å². The van der Waals surface area contributed by atoms with Crippen LogP contribution < -0.4 is 10.0 Å². The fraction of sp³-hybridized carbons (Fsp3) is 0.281. The summed E-state index contributed by atoms with van der Waals surface area (Å²) in [5.41, 5.74) is 4.18. The Labute approximate surface area is 239 Å². The van der Waals surface area contributed by atoms with Crippen molar-refractivity contribution >= 4 is 32.6 Å². The number of rotatable bonds is 12. The van der Waals surface area contributed by atoms with Crippen molar-refractivity contribution in [2.75, 3.05) is 18.4 Å². The zero-order chi connectivity index (χ0) is 29.1. The maximum Gasteiger partial charge on any atom is 0.255 e. The van der Waals surface area contributed by atoms with Crippen LogP contribution in [0.4, 0.5) is 10.1 Å². The average molecular weight is 577 g/mol. The summed E-state index contributed by atoms with van der Waals surface area (Å²) in [7, 11) is -2.26. The Morgan fingerprint density at radius 1 is 1.12 bits per heavy atom. The summed E-state index contributed by atoms with van der Waals surface area (Å²) < 4.78 is 55.0. The Morgan fingerprint density at radius 3 is 2.49 bits per heavy atom. The normalized spacial score (nSPS) is 14.1. The summed E-state index contributed by atoms with van der Waals surface area (Å²) in [6, 6.07) is 18.9. The molecule has 1 unspecified atom stereocenters. The topological polar surface area (TPSA) is 97.6 Å². The van der Waals surface area contributed by atoms with Crippen LogP contribution in [0.15, 0.2) is 83.3 Å². The largest absolute Gasteiger partial charge is 0.455 e. The lowest BCUT2D eigenvalue weighted by Crippen LogP contribution is -2.26. The molecule has 4 aromatic rings. The van der Waals surface area contributed by atoms with Gasteiger partial charge in [0, 0.05) is 24.1 Å². The molecule has 1 fully saturated rings. The number of furan rings is 1. The molecule has 1 heterocycles. The average Bonchev–Trinajstić information content (AvgIpc) is 3.73. The number of nitrogens with one attached hydrogen (secondary N) is 2. The summed E-state index contributed by atoms with van der Waals surface area (Å²) in [4.78, 5) is 12.9. The van der Waals surface area contributed by atoms with Gasteiger partial charge in [0.15, 0.2) is 0 Å². The number of sulfonamides is 1. The molecule has 1 atom stereocenters. The smallest absolute Gasteiger partial charge is 0.255 e. The van der Waals surface area contributed by atoms with E-state index < -0.39 is 21.1 Å². The second-order valence-corrected chi connectivity index (χ2v) is 12.6. The van der Waals surface area contributed by atoms with Crippen molar-refractivity contribution < 1.29 is 26.8 Å². The van der Waals surface area contributed by atoms with Crippen molar-refractivity contribution in [1.29, 1.82) is 0 Å². The van der Waals surface area contributed by atoms with E-state index >= 15 is 0 Å². The van der Waals surface area contributed by atoms with Crippen LogP contribution in [-0.2, 0) is 21.4 Å². The maximum absolute atomic E-state index is 13.6. The molecule has 9 heteroatoms. The highest BCUT2D eigenvalue weighted by Crippen LogP contribution is 2.47. The van der Waals surface area contributed by atoms with Gasteiger partial charge in [-0.2, -0.15) is 0 Å². The van der Waals surface area contributed by atoms with E-state index in [0.29, 0.717) is 45.7 Å². The third-order valence-corrected chi connectivity index (χ3v) is 8.94. The van der Waals surface area contributed by atoms with Crippen molar-refractivity contribution in [2.24, 2.45) is 0 Å². The first-order chi connectivity index (χ1) is 19.7. The Morgan fingerprint density at radius 2 is 1.83 bits per heavy atom. The van der Waals surface area contributed by atoms with Crippen molar-refractivity contribution in [3.63, 3.8) is 0 Å². The van der Waals surface area contributed by atoms with Crippen LogP contribution in [0.5, 0.6) is 0 Å². The fourth-order valence-corrected chi connectivity index (χ4v) is 5.99. The number of ether oxygens (including phenoxy) is 1. The van der Waals surface area contributed by atoms with E-state index in [0.717, 1.165) is 24.0 Å². The second-order valence-electron chi connectivity index (χ2n) is 10.5. The minimum atomic E-state index is -3.79. The zero-order valence-electron chi connectivity index (χ0n) is 23.1. The first-order valence-corrected chi connectivity index (χ1v) is 15.1. The Bertz CT molecular complexity index is 1680. The minimum Gasteiger partial charge on any atom is -0.455 e. The van der Waals surface area contributed by atoms with Gasteiger partial charge >= 0.3 is 0 Å². The number of carbonyl (C=O) groups excluding carboxylic acids is 1. The molecule has 1 saturated carbocycles. The van der Waals surface area contributed by atoms with E-state index in [1.807, 2.05) is 36.4 Å². The Balaban J connectivity index is 1.39. The summed E-state index contributed by atoms with van der Waals surface area (Å²) in [6.45, 7) is 6.34. The lowest BCUT2D eigenvalue weighted by Gasteiger charge is -2.18. The molecule has 1 aliphatic carbocycles. The molecule has 0 saturated heterocycles. The van der Waals surface area contributed by atoms with Gasteiger partial charge < -0.3 is 14.5 Å². The van der Waals surface area contributed by atoms with Crippen LogP contribution in [0.1, 0.15) is 53.6 Å². The number of carbonyl (C=O) groups is 1. The molecule has 5 rings (SSSR count). The lowest BCUT2D eigenvalue weighted by molar-refractivity contribution is 0.0964. The molecule has 1 aliphatic rings. The molecule has 0 bridgehead atoms. The number of amides is 1. The fourth-order valence-electron chi connectivity index (χ4n) is 4.85. The molecule has 0 aliphatic heterocycles. The highest BCUT2D eigenvalue weighted by atomic mass is 32.2. The molecule has 1 amide bonds. The van der Waals surface area contributed by atoms with Gasteiger partial charge in [0.2, 0.25) is 10.0 Å². The first-order valence-electron chi connectivity index (χ1n) is 13.5. The minimum absolute atomic E-state index is 0.176. The van der Waals surface area contributed by atoms with Gasteiger partial charge in [0.05, 0.1) is 29.7 Å². The van der Waals surface area contributed by atoms with Crippen LogP contribution in [0.2, 0.25) is 0 Å². The van der Waals surface area contributed by atoms with Gasteiger partial charge in [-0.25, -0.2) is 12.8 Å². The van der Waals surface area contributed by atoms with Crippen LogP contribution in [0.3, 0.4) is 0 Å². The molecular formula is C32H33FN2O5S. The number of anilines is 1. The van der Waals surface area contributed by atoms with Gasteiger partial charge in [0.1, 0.15) is 17.2 Å². The van der Waals surface area contributed by atoms with Crippen molar-refractivity contribution in [1.82, 2.24) is 5.32 Å². The SMILES string of the molecule is C=C(COCc1ccccc1)CC(C)S(=O)(=O)Nc1cc2oc(-c3ccc(F)cc3)c(C(=O)NC)c2cc1C1CC1. The number of fused-ring (bicyclic) bond motifs is 1. The van der Waals surface area contributed by atoms with Gasteiger partial charge in [-0.1, -0.05) is 42.5 Å². The van der Waals surface area contributed by atoms with Crippen molar-refractivity contribution in [3.05, 3.63) is 101 Å². The number of halogens is 1. The van der Waals surface area contributed by atoms with Crippen LogP contribution >= 0.6 is 0 Å². The quantitative estimate of drug-likeness (QED) is 0.182. The van der Waals surface area contributed by atoms with Gasteiger partial charge in [-0.3, -0.25) is 9.52 Å². The first kappa shape index (κ1) is 28.6. The Hall–Kier alpha value is -3.95. The number of hydrogen-bond acceptors (Lipinski definition) is 5. The zero-order valence-corrected chi connectivity index (χ0v) is 23.9. The van der Waals surface area contributed by atoms with E-state index in [-0.39, 0.29) is 24.9 Å². The lowest BCUT2D eigenvalue weighted by atomic mass is 10.0. The third-order valence-electron chi connectivity index (χ3n) is 7.21. The molecule has 1 aromatic heterocycles. The summed E-state index contributed by atoms with van der Waals surface area (Å²) >= 11 is 0. The molecule has 0 radical (unpaired) electrons. The van der Waals surface area contributed by atoms with Crippen LogP contribution in [0, 0.1) is 5.82 Å². The maximum atomic E-state index is 13.6. The molecule has 3 aromatic carbocycles. The summed E-state index contributed by atoms with van der Waals surface area (Å²) in [5, 5.41) is 2.47. The molecule has 2 N–H and O–H groups in total. The summed E-state index contributed by atoms with van der Waals surface area (Å²) in [5.74, 6) is -0.282. The number of benzene rings is 3. The van der Waals surface area contributed by atoms with Crippen molar-refractivity contribution in [3.8, 4) is 11.3 Å². The molecule has 214 valence electrons. The van der Waals surface area contributed by atoms with Crippen LogP contribution in [0.25, 0.3) is 22.3 Å². The standard InChI is InChI=1S/C32H33FN2O5S/c1-20(18-39-19-22-7-5-4-6-8-22)15-21(2)41(37,38)35-28-17-29-27(16-26(28)23-9-10-23)30(32(36)34-3)31(40-29)24-11-13-25(33)14-12-24/h4-8,11-14,16-17,21,23,35H,1,9-10,15,18-19H2,2-3H3,(H,34,36). The predicted octanol–water partition coefficient (Wildman–Crippen LogP) is 6.77. The Kier molecular flexibility index (Phi) is 8.28. The van der Waals surface area contributed by atoms with Gasteiger partial charge in [-0.05, 0) is 73.6 Å². The van der Waals surface area contributed by atoms with E-state index in [1.165, 1.54) is 19.2 Å². The van der Waals surface area contributed by atoms with Crippen molar-refractivity contribution in [2.45, 2.75) is 44.0 Å². The highest BCUT2D eigenvalue weighted by molar-refractivity contribution is 7.93. The van der Waals surface area contributed by atoms with Gasteiger partial charge in [0.25, 0.3) is 5.91 Å². The van der Waals surface area contributed by atoms with E-state index in [2.05, 4.69) is 16.6 Å². The molecule has 0 spiro atoms. The summed E-state index contributed by atoms with van der Waals surface area (Å²) in [6.07, 6.45) is 2.08. The van der Waals surface area contributed by atoms with E-state index in [1.54, 1.807) is 25.1 Å². The third kappa shape index (κ3) is 6.52. The monoisotopic (exact) mass is 576 g/mol. The predicted molar refractivity (Wildman–Crippen MR) is 159 cm³/mol. The molecule has 41 heavy (non-hydrogen) atoms. The van der Waals surface area contributed by atoms with Gasteiger partial charge in [-0.15, -0.1) is 0 Å². The van der Waals surface area contributed by atoms with E-state index in [4.69, 9.17) is 9.15 Å². The second kappa shape index (κ2) is 11.9.